The average molecular weight is 192 g/mol. The summed E-state index contributed by atoms with van der Waals surface area (Å²) in [7, 11) is 0. The van der Waals surface area contributed by atoms with Crippen molar-refractivity contribution in [3.8, 4) is 0 Å². The maximum absolute atomic E-state index is 10.9. The third-order valence-corrected chi connectivity index (χ3v) is 3.02. The summed E-state index contributed by atoms with van der Waals surface area (Å²) in [4.78, 5) is 18.8. The van der Waals surface area contributed by atoms with Crippen molar-refractivity contribution in [1.82, 2.24) is 9.97 Å². The lowest BCUT2D eigenvalue weighted by Gasteiger charge is -1.99. The van der Waals surface area contributed by atoms with Crippen LogP contribution in [0, 0.1) is 11.3 Å². The van der Waals surface area contributed by atoms with Gasteiger partial charge in [-0.15, -0.1) is 0 Å². The maximum atomic E-state index is 10.9. The Morgan fingerprint density at radius 1 is 1.57 bits per heavy atom. The van der Waals surface area contributed by atoms with E-state index in [9.17, 15) is 4.79 Å². The normalized spacial score (nSPS) is 28.4. The largest absolute Gasteiger partial charge is 0.481 e. The molecule has 2 atom stereocenters. The Labute approximate surface area is 82.0 Å². The van der Waals surface area contributed by atoms with Gasteiger partial charge in [-0.2, -0.15) is 0 Å². The van der Waals surface area contributed by atoms with E-state index in [-0.39, 0.29) is 17.3 Å². The first-order valence-electron chi connectivity index (χ1n) is 4.54. The number of aromatic nitrogens is 2. The quantitative estimate of drug-likeness (QED) is 0.767. The topological polar surface area (TPSA) is 63.1 Å². The van der Waals surface area contributed by atoms with Gasteiger partial charge < -0.3 is 5.11 Å². The van der Waals surface area contributed by atoms with Gasteiger partial charge in [0.1, 0.15) is 6.33 Å². The summed E-state index contributed by atoms with van der Waals surface area (Å²) in [6.45, 7) is 3.91. The van der Waals surface area contributed by atoms with E-state index < -0.39 is 5.97 Å². The molecule has 0 amide bonds. The zero-order chi connectivity index (χ0) is 10.3. The number of rotatable bonds is 2. The second-order valence-electron chi connectivity index (χ2n) is 4.25. The van der Waals surface area contributed by atoms with Crippen LogP contribution in [0.15, 0.2) is 18.6 Å². The molecule has 0 spiro atoms. The van der Waals surface area contributed by atoms with Crippen LogP contribution in [0.1, 0.15) is 25.5 Å². The summed E-state index contributed by atoms with van der Waals surface area (Å²) < 4.78 is 0. The van der Waals surface area contributed by atoms with Gasteiger partial charge in [0.05, 0.1) is 5.92 Å². The molecule has 2 unspecified atom stereocenters. The molecule has 1 aliphatic rings. The summed E-state index contributed by atoms with van der Waals surface area (Å²) in [5.41, 5.74) is 0.651. The Morgan fingerprint density at radius 3 is 2.71 bits per heavy atom. The van der Waals surface area contributed by atoms with Crippen LogP contribution in [0.4, 0.5) is 0 Å². The van der Waals surface area contributed by atoms with Crippen molar-refractivity contribution < 1.29 is 9.90 Å². The van der Waals surface area contributed by atoms with Crippen LogP contribution >= 0.6 is 0 Å². The van der Waals surface area contributed by atoms with Gasteiger partial charge in [0.25, 0.3) is 0 Å². The van der Waals surface area contributed by atoms with Crippen molar-refractivity contribution in [2.75, 3.05) is 0 Å². The van der Waals surface area contributed by atoms with Gasteiger partial charge in [-0.25, -0.2) is 9.97 Å². The number of nitrogens with zero attached hydrogens (tertiary/aromatic N) is 2. The number of hydrogen-bond donors (Lipinski definition) is 1. The Balaban J connectivity index is 2.28. The number of carboxylic acid groups (broad SMARTS) is 1. The van der Waals surface area contributed by atoms with Gasteiger partial charge in [-0.05, 0) is 11.5 Å². The third-order valence-electron chi connectivity index (χ3n) is 3.02. The molecule has 1 N–H and O–H groups in total. The third kappa shape index (κ3) is 1.18. The molecule has 4 nitrogen and oxygen atoms in total. The molecule has 1 aromatic heterocycles. The van der Waals surface area contributed by atoms with Gasteiger partial charge in [0.15, 0.2) is 0 Å². The van der Waals surface area contributed by atoms with Crippen LogP contribution in [-0.4, -0.2) is 21.0 Å². The standard InChI is InChI=1S/C10H12N2O2/c1-10(2)7(8(10)9(13)14)6-3-4-11-5-12-6/h3-5,7-8H,1-2H3,(H,13,14). The average Bonchev–Trinajstić information content (AvgIpc) is 2.71. The lowest BCUT2D eigenvalue weighted by atomic mass is 10.1. The zero-order valence-corrected chi connectivity index (χ0v) is 8.14. The molecule has 0 aliphatic heterocycles. The molecular formula is C10H12N2O2. The van der Waals surface area contributed by atoms with Gasteiger partial charge >= 0.3 is 5.97 Å². The van der Waals surface area contributed by atoms with Crippen LogP contribution < -0.4 is 0 Å². The van der Waals surface area contributed by atoms with Crippen molar-refractivity contribution in [1.29, 1.82) is 0 Å². The first-order valence-corrected chi connectivity index (χ1v) is 4.54. The smallest absolute Gasteiger partial charge is 0.307 e. The summed E-state index contributed by atoms with van der Waals surface area (Å²) in [5.74, 6) is -1.01. The molecular weight excluding hydrogens is 180 g/mol. The van der Waals surface area contributed by atoms with E-state index >= 15 is 0 Å². The molecule has 0 saturated heterocycles. The second-order valence-corrected chi connectivity index (χ2v) is 4.25. The lowest BCUT2D eigenvalue weighted by molar-refractivity contribution is -0.139. The Hall–Kier alpha value is -1.45. The monoisotopic (exact) mass is 192 g/mol. The first kappa shape index (κ1) is 9.12. The van der Waals surface area contributed by atoms with E-state index in [2.05, 4.69) is 9.97 Å². The van der Waals surface area contributed by atoms with Crippen LogP contribution in [0.3, 0.4) is 0 Å². The van der Waals surface area contributed by atoms with Crippen molar-refractivity contribution in [3.63, 3.8) is 0 Å². The Kier molecular flexibility index (Phi) is 1.80. The molecule has 1 aliphatic carbocycles. The predicted molar refractivity (Wildman–Crippen MR) is 49.7 cm³/mol. The molecule has 2 rings (SSSR count). The first-order chi connectivity index (χ1) is 6.55. The van der Waals surface area contributed by atoms with Crippen LogP contribution in [0.5, 0.6) is 0 Å². The minimum absolute atomic E-state index is 0.0306. The summed E-state index contributed by atoms with van der Waals surface area (Å²) in [6, 6.07) is 1.79. The van der Waals surface area contributed by atoms with Crippen molar-refractivity contribution in [3.05, 3.63) is 24.3 Å². The lowest BCUT2D eigenvalue weighted by Crippen LogP contribution is -2.03. The molecule has 74 valence electrons. The highest BCUT2D eigenvalue weighted by atomic mass is 16.4. The fraction of sp³-hybridized carbons (Fsp3) is 0.500. The van der Waals surface area contributed by atoms with Crippen molar-refractivity contribution >= 4 is 5.97 Å². The van der Waals surface area contributed by atoms with Gasteiger partial charge in [0, 0.05) is 17.8 Å². The van der Waals surface area contributed by atoms with E-state index in [0.29, 0.717) is 0 Å². The van der Waals surface area contributed by atoms with E-state index in [0.717, 1.165) is 5.69 Å². The number of hydrogen-bond acceptors (Lipinski definition) is 3. The SMILES string of the molecule is CC1(C)C(C(=O)O)C1c1ccncn1. The highest BCUT2D eigenvalue weighted by Crippen LogP contribution is 2.63. The fourth-order valence-corrected chi connectivity index (χ4v) is 2.14. The van der Waals surface area contributed by atoms with Gasteiger partial charge in [-0.3, -0.25) is 4.79 Å². The molecule has 1 fully saturated rings. The Bertz CT molecular complexity index is 362. The highest BCUT2D eigenvalue weighted by molar-refractivity contribution is 5.77. The van der Waals surface area contributed by atoms with E-state index in [4.69, 9.17) is 5.11 Å². The summed E-state index contributed by atoms with van der Waals surface area (Å²) in [5, 5.41) is 8.98. The second kappa shape index (κ2) is 2.77. The highest BCUT2D eigenvalue weighted by Gasteiger charge is 2.63. The molecule has 1 heterocycles. The predicted octanol–water partition coefficient (Wildman–Crippen LogP) is 1.30. The van der Waals surface area contributed by atoms with Crippen molar-refractivity contribution in [2.45, 2.75) is 19.8 Å². The van der Waals surface area contributed by atoms with Crippen LogP contribution in [-0.2, 0) is 4.79 Å². The maximum Gasteiger partial charge on any atom is 0.307 e. The molecule has 0 bridgehead atoms. The Morgan fingerprint density at radius 2 is 2.29 bits per heavy atom. The molecule has 14 heavy (non-hydrogen) atoms. The molecule has 1 saturated carbocycles. The van der Waals surface area contributed by atoms with Gasteiger partial charge in [0.2, 0.25) is 0 Å². The van der Waals surface area contributed by atoms with E-state index in [1.807, 2.05) is 13.8 Å². The van der Waals surface area contributed by atoms with Crippen LogP contribution in [0.25, 0.3) is 0 Å². The zero-order valence-electron chi connectivity index (χ0n) is 8.14. The van der Waals surface area contributed by atoms with E-state index in [1.54, 1.807) is 12.3 Å². The van der Waals surface area contributed by atoms with Crippen molar-refractivity contribution in [2.24, 2.45) is 11.3 Å². The number of carbonyl (C=O) groups is 1. The fourth-order valence-electron chi connectivity index (χ4n) is 2.14. The van der Waals surface area contributed by atoms with E-state index in [1.165, 1.54) is 6.33 Å². The van der Waals surface area contributed by atoms with Crippen LogP contribution in [0.2, 0.25) is 0 Å². The summed E-state index contributed by atoms with van der Waals surface area (Å²) in [6.07, 6.45) is 3.11. The summed E-state index contributed by atoms with van der Waals surface area (Å²) >= 11 is 0. The molecule has 1 aromatic rings. The van der Waals surface area contributed by atoms with Gasteiger partial charge in [-0.1, -0.05) is 13.8 Å². The minimum Gasteiger partial charge on any atom is -0.481 e. The molecule has 0 aromatic carbocycles. The number of aliphatic carboxylic acids is 1. The minimum atomic E-state index is -0.737. The molecule has 4 heteroatoms. The molecule has 0 radical (unpaired) electrons. The number of carboxylic acids is 1.